The van der Waals surface area contributed by atoms with Crippen molar-refractivity contribution in [3.05, 3.63) is 36.8 Å². The smallest absolute Gasteiger partial charge is 0.266 e. The summed E-state index contributed by atoms with van der Waals surface area (Å²) >= 11 is 16.1. The number of aryl methyl sites for hydroxylation is 1. The molecule has 0 fully saturated rings. The molecule has 0 spiro atoms. The summed E-state index contributed by atoms with van der Waals surface area (Å²) < 4.78 is 0.923. The van der Waals surface area contributed by atoms with Crippen LogP contribution in [0.5, 0.6) is 0 Å². The van der Waals surface area contributed by atoms with Gasteiger partial charge in [-0.2, -0.15) is 0 Å². The minimum Gasteiger partial charge on any atom is -0.306 e. The van der Waals surface area contributed by atoms with Crippen molar-refractivity contribution in [2.24, 2.45) is 0 Å². The van der Waals surface area contributed by atoms with Gasteiger partial charge in [0.1, 0.15) is 11.0 Å². The second kappa shape index (κ2) is 5.52. The molecule has 18 heavy (non-hydrogen) atoms. The average molecular weight is 367 g/mol. The Morgan fingerprint density at radius 3 is 2.67 bits per heavy atom. The van der Waals surface area contributed by atoms with Crippen molar-refractivity contribution in [3.63, 3.8) is 0 Å². The van der Waals surface area contributed by atoms with E-state index in [0.717, 1.165) is 9.35 Å². The normalized spacial score (nSPS) is 10.4. The zero-order valence-electron chi connectivity index (χ0n) is 9.00. The number of hydrogen-bond donors (Lipinski definition) is 1. The van der Waals surface area contributed by atoms with Crippen LogP contribution >= 0.6 is 50.5 Å². The number of aromatic nitrogens is 2. The molecular formula is C10H6BrCl2N3OS. The Morgan fingerprint density at radius 1 is 1.39 bits per heavy atom. The van der Waals surface area contributed by atoms with E-state index in [-0.39, 0.29) is 22.2 Å². The summed E-state index contributed by atoms with van der Waals surface area (Å²) in [5, 5.41) is 2.77. The molecule has 4 nitrogen and oxygen atoms in total. The Labute approximate surface area is 125 Å². The second-order valence-corrected chi connectivity index (χ2v) is 6.46. The topological polar surface area (TPSA) is 54.9 Å². The van der Waals surface area contributed by atoms with Gasteiger partial charge in [0.25, 0.3) is 5.91 Å². The van der Waals surface area contributed by atoms with Crippen molar-refractivity contribution >= 4 is 62.2 Å². The lowest BCUT2D eigenvalue weighted by atomic mass is 10.3. The van der Waals surface area contributed by atoms with Crippen LogP contribution in [0.3, 0.4) is 0 Å². The molecule has 0 aliphatic heterocycles. The molecule has 0 aliphatic rings. The molecular weight excluding hydrogens is 361 g/mol. The Morgan fingerprint density at radius 2 is 2.11 bits per heavy atom. The molecule has 2 aromatic rings. The van der Waals surface area contributed by atoms with E-state index in [4.69, 9.17) is 23.2 Å². The molecule has 0 atom stereocenters. The molecule has 2 aromatic heterocycles. The maximum absolute atomic E-state index is 11.9. The predicted molar refractivity (Wildman–Crippen MR) is 76.8 cm³/mol. The number of thiophene rings is 1. The fraction of sp³-hybridized carbons (Fsp3) is 0.100. The van der Waals surface area contributed by atoms with Crippen molar-refractivity contribution in [2.45, 2.75) is 6.92 Å². The van der Waals surface area contributed by atoms with Crippen molar-refractivity contribution in [1.29, 1.82) is 0 Å². The molecule has 0 unspecified atom stereocenters. The number of carbonyl (C=O) groups is 1. The van der Waals surface area contributed by atoms with Gasteiger partial charge in [-0.25, -0.2) is 9.97 Å². The van der Waals surface area contributed by atoms with Crippen LogP contribution in [0.25, 0.3) is 0 Å². The largest absolute Gasteiger partial charge is 0.306 e. The monoisotopic (exact) mass is 365 g/mol. The first kappa shape index (κ1) is 13.7. The number of rotatable bonds is 2. The van der Waals surface area contributed by atoms with Gasteiger partial charge in [-0.05, 0) is 46.1 Å². The number of carbonyl (C=O) groups excluding carboxylic acids is 1. The Hall–Kier alpha value is -0.690. The standard InChI is InChI=1S/C10H6BrCl2N3OS/c1-4-2-5(18-8(4)11)9(17)15-7-3-6(12)14-10(13)16-7/h2-3H,1H3,(H,14,15,16,17). The SMILES string of the molecule is Cc1cc(C(=O)Nc2cc(Cl)nc(Cl)n2)sc1Br. The third-order valence-electron chi connectivity index (χ3n) is 1.99. The van der Waals surface area contributed by atoms with Gasteiger partial charge in [-0.15, -0.1) is 11.3 Å². The molecule has 0 aromatic carbocycles. The maximum Gasteiger partial charge on any atom is 0.266 e. The van der Waals surface area contributed by atoms with E-state index in [0.29, 0.717) is 4.88 Å². The van der Waals surface area contributed by atoms with Gasteiger partial charge in [-0.1, -0.05) is 11.6 Å². The molecule has 94 valence electrons. The minimum absolute atomic E-state index is 0.0126. The van der Waals surface area contributed by atoms with Gasteiger partial charge >= 0.3 is 0 Å². The Kier molecular flexibility index (Phi) is 4.21. The van der Waals surface area contributed by atoms with E-state index in [2.05, 4.69) is 31.2 Å². The zero-order chi connectivity index (χ0) is 13.3. The van der Waals surface area contributed by atoms with E-state index >= 15 is 0 Å². The number of nitrogens with zero attached hydrogens (tertiary/aromatic N) is 2. The van der Waals surface area contributed by atoms with Gasteiger partial charge in [0, 0.05) is 6.07 Å². The number of halogens is 3. The van der Waals surface area contributed by atoms with Crippen LogP contribution in [0.15, 0.2) is 15.9 Å². The van der Waals surface area contributed by atoms with Gasteiger partial charge in [-0.3, -0.25) is 4.79 Å². The van der Waals surface area contributed by atoms with Crippen LogP contribution in [-0.2, 0) is 0 Å². The summed E-state index contributed by atoms with van der Waals surface area (Å²) in [5.41, 5.74) is 1.00. The molecule has 2 rings (SSSR count). The molecule has 0 saturated heterocycles. The molecule has 2 heterocycles. The van der Waals surface area contributed by atoms with Gasteiger partial charge in [0.15, 0.2) is 0 Å². The molecule has 0 saturated carbocycles. The van der Waals surface area contributed by atoms with E-state index in [9.17, 15) is 4.79 Å². The summed E-state index contributed by atoms with van der Waals surface area (Å²) in [4.78, 5) is 20.1. The fourth-order valence-corrected chi connectivity index (χ4v) is 3.04. The van der Waals surface area contributed by atoms with Crippen LogP contribution in [-0.4, -0.2) is 15.9 Å². The summed E-state index contributed by atoms with van der Waals surface area (Å²) in [6.07, 6.45) is 0. The number of amides is 1. The van der Waals surface area contributed by atoms with E-state index in [1.54, 1.807) is 6.07 Å². The summed E-state index contributed by atoms with van der Waals surface area (Å²) in [5.74, 6) is 0.00630. The van der Waals surface area contributed by atoms with Crippen LogP contribution < -0.4 is 5.32 Å². The number of hydrogen-bond acceptors (Lipinski definition) is 4. The van der Waals surface area contributed by atoms with Crippen molar-refractivity contribution in [1.82, 2.24) is 9.97 Å². The molecule has 0 radical (unpaired) electrons. The Balaban J connectivity index is 2.21. The lowest BCUT2D eigenvalue weighted by molar-refractivity contribution is 0.103. The lowest BCUT2D eigenvalue weighted by Gasteiger charge is -2.02. The average Bonchev–Trinajstić information content (AvgIpc) is 2.57. The van der Waals surface area contributed by atoms with Gasteiger partial charge in [0.2, 0.25) is 5.28 Å². The van der Waals surface area contributed by atoms with Crippen LogP contribution in [0.1, 0.15) is 15.2 Å². The fourth-order valence-electron chi connectivity index (χ4n) is 1.20. The lowest BCUT2D eigenvalue weighted by Crippen LogP contribution is -2.11. The minimum atomic E-state index is -0.264. The van der Waals surface area contributed by atoms with Crippen molar-refractivity contribution < 1.29 is 4.79 Å². The second-order valence-electron chi connectivity index (χ2n) is 3.37. The van der Waals surface area contributed by atoms with Gasteiger partial charge < -0.3 is 5.32 Å². The van der Waals surface area contributed by atoms with Crippen LogP contribution in [0.4, 0.5) is 5.82 Å². The predicted octanol–water partition coefficient (Wildman–Crippen LogP) is 4.17. The highest BCUT2D eigenvalue weighted by Crippen LogP contribution is 2.28. The first-order chi connectivity index (χ1) is 8.45. The maximum atomic E-state index is 11.9. The highest BCUT2D eigenvalue weighted by molar-refractivity contribution is 9.11. The molecule has 1 N–H and O–H groups in total. The highest BCUT2D eigenvalue weighted by atomic mass is 79.9. The Bertz CT molecular complexity index is 577. The summed E-state index contributed by atoms with van der Waals surface area (Å²) in [6.45, 7) is 1.91. The number of nitrogens with one attached hydrogen (secondary N) is 1. The van der Waals surface area contributed by atoms with Gasteiger partial charge in [0.05, 0.1) is 8.66 Å². The van der Waals surface area contributed by atoms with E-state index in [1.165, 1.54) is 17.4 Å². The first-order valence-corrected chi connectivity index (χ1v) is 7.09. The third-order valence-corrected chi connectivity index (χ3v) is 4.49. The zero-order valence-corrected chi connectivity index (χ0v) is 12.9. The van der Waals surface area contributed by atoms with Crippen molar-refractivity contribution in [2.75, 3.05) is 5.32 Å². The molecule has 0 aliphatic carbocycles. The van der Waals surface area contributed by atoms with E-state index < -0.39 is 0 Å². The van der Waals surface area contributed by atoms with Crippen molar-refractivity contribution in [3.8, 4) is 0 Å². The van der Waals surface area contributed by atoms with E-state index in [1.807, 2.05) is 6.92 Å². The quantitative estimate of drug-likeness (QED) is 0.641. The highest BCUT2D eigenvalue weighted by Gasteiger charge is 2.12. The third kappa shape index (κ3) is 3.20. The molecule has 8 heteroatoms. The van der Waals surface area contributed by atoms with Crippen LogP contribution in [0.2, 0.25) is 10.4 Å². The summed E-state index contributed by atoms with van der Waals surface area (Å²) in [6, 6.07) is 3.22. The summed E-state index contributed by atoms with van der Waals surface area (Å²) in [7, 11) is 0. The number of anilines is 1. The first-order valence-electron chi connectivity index (χ1n) is 4.73. The molecule has 1 amide bonds. The van der Waals surface area contributed by atoms with Crippen LogP contribution in [0, 0.1) is 6.92 Å². The molecule has 0 bridgehead atoms.